The quantitative estimate of drug-likeness (QED) is 0.546. The molecule has 5 heterocycles. The van der Waals surface area contributed by atoms with E-state index in [1.807, 2.05) is 0 Å². The van der Waals surface area contributed by atoms with Gasteiger partial charge in [0.1, 0.15) is 17.7 Å². The van der Waals surface area contributed by atoms with Crippen molar-refractivity contribution in [2.24, 2.45) is 0 Å². The highest BCUT2D eigenvalue weighted by Gasteiger charge is 2.29. The molecule has 7 nitrogen and oxygen atoms in total. The van der Waals surface area contributed by atoms with Gasteiger partial charge in [0.05, 0.1) is 27.1 Å². The van der Waals surface area contributed by atoms with Crippen molar-refractivity contribution in [1.82, 2.24) is 10.3 Å². The van der Waals surface area contributed by atoms with Gasteiger partial charge < -0.3 is 25.0 Å². The molecule has 1 aromatic heterocycles. The lowest BCUT2D eigenvalue weighted by atomic mass is 9.98. The number of benzene rings is 1. The number of ether oxygens (including phenoxy) is 2. The second-order valence-corrected chi connectivity index (χ2v) is 12.8. The number of nitrogens with zero attached hydrogens (tertiary/aromatic N) is 2. The zero-order valence-corrected chi connectivity index (χ0v) is 23.5. The normalized spacial score (nSPS) is 24.5. The van der Waals surface area contributed by atoms with Gasteiger partial charge in [0.2, 0.25) is 0 Å². The number of piperidine rings is 1. The van der Waals surface area contributed by atoms with Crippen molar-refractivity contribution in [3.05, 3.63) is 41.1 Å². The van der Waals surface area contributed by atoms with E-state index < -0.39 is 10.8 Å². The lowest BCUT2D eigenvalue weighted by molar-refractivity contribution is 0.0904. The molecule has 2 unspecified atom stereocenters. The maximum Gasteiger partial charge on any atom is 0.130 e. The molecule has 2 saturated heterocycles. The molecule has 0 bridgehead atoms. The van der Waals surface area contributed by atoms with Crippen LogP contribution < -0.4 is 20.3 Å². The summed E-state index contributed by atoms with van der Waals surface area (Å²) in [4.78, 5) is 8.30. The van der Waals surface area contributed by atoms with E-state index in [0.717, 1.165) is 106 Å². The molecule has 0 radical (unpaired) electrons. The highest BCUT2D eigenvalue weighted by atomic mass is 32.2. The molecule has 2 N–H and O–H groups in total. The van der Waals surface area contributed by atoms with Crippen molar-refractivity contribution < 1.29 is 13.7 Å². The Morgan fingerprint density at radius 3 is 2.79 bits per heavy atom. The van der Waals surface area contributed by atoms with Gasteiger partial charge in [-0.15, -0.1) is 0 Å². The molecule has 0 spiro atoms. The van der Waals surface area contributed by atoms with E-state index in [1.54, 1.807) is 0 Å². The van der Waals surface area contributed by atoms with Crippen molar-refractivity contribution in [3.8, 4) is 5.75 Å². The van der Waals surface area contributed by atoms with Crippen molar-refractivity contribution >= 4 is 22.3 Å². The number of hydrogen-bond donors (Lipinski definition) is 2. The molecule has 2 atom stereocenters. The van der Waals surface area contributed by atoms with Gasteiger partial charge in [-0.3, -0.25) is 4.21 Å². The molecule has 0 saturated carbocycles. The zero-order chi connectivity index (χ0) is 25.9. The fourth-order valence-corrected chi connectivity index (χ4v) is 7.78. The van der Waals surface area contributed by atoms with E-state index >= 15 is 0 Å². The molecule has 4 aliphatic rings. The first-order valence-electron chi connectivity index (χ1n) is 14.7. The monoisotopic (exact) mass is 538 g/mol. The summed E-state index contributed by atoms with van der Waals surface area (Å²) < 4.78 is 24.8. The first kappa shape index (κ1) is 26.1. The fraction of sp³-hybridized carbons (Fsp3) is 0.633. The summed E-state index contributed by atoms with van der Waals surface area (Å²) in [7, 11) is -0.960. The smallest absolute Gasteiger partial charge is 0.130 e. The largest absolute Gasteiger partial charge is 0.490 e. The molecular formula is C30H42N4O3S. The lowest BCUT2D eigenvalue weighted by Crippen LogP contribution is -2.39. The molecule has 0 amide bonds. The summed E-state index contributed by atoms with van der Waals surface area (Å²) in [5.74, 6) is 2.70. The zero-order valence-electron chi connectivity index (χ0n) is 22.7. The first-order valence-corrected chi connectivity index (χ1v) is 16.0. The molecule has 4 aliphatic heterocycles. The molecule has 38 heavy (non-hydrogen) atoms. The Bertz CT molecular complexity index is 1140. The Balaban J connectivity index is 1.10. The minimum atomic E-state index is -0.960. The van der Waals surface area contributed by atoms with Crippen LogP contribution in [0.25, 0.3) is 0 Å². The van der Waals surface area contributed by atoms with Crippen molar-refractivity contribution in [2.75, 3.05) is 48.8 Å². The summed E-state index contributed by atoms with van der Waals surface area (Å²) >= 11 is 0. The van der Waals surface area contributed by atoms with Gasteiger partial charge in [0, 0.05) is 69.5 Å². The lowest BCUT2D eigenvalue weighted by Gasteiger charge is -2.34. The average Bonchev–Trinajstić information content (AvgIpc) is 3.19. The van der Waals surface area contributed by atoms with Gasteiger partial charge in [-0.1, -0.05) is 19.4 Å². The molecule has 206 valence electrons. The van der Waals surface area contributed by atoms with Crippen molar-refractivity contribution in [2.45, 2.75) is 87.8 Å². The molecule has 2 fully saturated rings. The number of anilines is 2. The summed E-state index contributed by atoms with van der Waals surface area (Å²) in [5, 5.41) is 7.42. The van der Waals surface area contributed by atoms with Crippen LogP contribution in [-0.2, 0) is 34.8 Å². The van der Waals surface area contributed by atoms with Gasteiger partial charge in [-0.25, -0.2) is 4.98 Å². The maximum absolute atomic E-state index is 12.8. The second kappa shape index (κ2) is 11.9. The van der Waals surface area contributed by atoms with Gasteiger partial charge in [-0.05, 0) is 61.9 Å². The van der Waals surface area contributed by atoms with Crippen LogP contribution in [0.3, 0.4) is 0 Å². The van der Waals surface area contributed by atoms with E-state index in [4.69, 9.17) is 14.5 Å². The SMILES string of the molecule is CCCC1Cc2ccc(OC3CCN(c4cc(NC5CCOCC5)c5c(n4)CCS5=O)CC3)cc2CCN1. The van der Waals surface area contributed by atoms with E-state index in [-0.39, 0.29) is 6.10 Å². The maximum atomic E-state index is 12.8. The van der Waals surface area contributed by atoms with E-state index in [1.165, 1.54) is 24.0 Å². The molecule has 6 rings (SSSR count). The van der Waals surface area contributed by atoms with Crippen LogP contribution in [-0.4, -0.2) is 66.0 Å². The number of pyridine rings is 1. The van der Waals surface area contributed by atoms with Crippen molar-refractivity contribution in [1.29, 1.82) is 0 Å². The summed E-state index contributed by atoms with van der Waals surface area (Å²) in [5.41, 5.74) is 4.95. The molecule has 8 heteroatoms. The summed E-state index contributed by atoms with van der Waals surface area (Å²) in [6.07, 6.45) is 9.60. The topological polar surface area (TPSA) is 75.7 Å². The highest BCUT2D eigenvalue weighted by molar-refractivity contribution is 7.85. The third kappa shape index (κ3) is 5.87. The number of aromatic nitrogens is 1. The van der Waals surface area contributed by atoms with Crippen LogP contribution in [0.4, 0.5) is 11.5 Å². The minimum Gasteiger partial charge on any atom is -0.490 e. The summed E-state index contributed by atoms with van der Waals surface area (Å²) in [6, 6.07) is 9.86. The minimum absolute atomic E-state index is 0.225. The molecule has 0 aliphatic carbocycles. The van der Waals surface area contributed by atoms with Crippen LogP contribution in [0.2, 0.25) is 0 Å². The number of hydrogen-bond acceptors (Lipinski definition) is 7. The second-order valence-electron chi connectivity index (χ2n) is 11.3. The van der Waals surface area contributed by atoms with Crippen LogP contribution in [0.5, 0.6) is 5.75 Å². The predicted molar refractivity (Wildman–Crippen MR) is 153 cm³/mol. The average molecular weight is 539 g/mol. The predicted octanol–water partition coefficient (Wildman–Crippen LogP) is 4.24. The van der Waals surface area contributed by atoms with Gasteiger partial charge in [0.15, 0.2) is 0 Å². The van der Waals surface area contributed by atoms with E-state index in [9.17, 15) is 4.21 Å². The Kier molecular flexibility index (Phi) is 8.19. The summed E-state index contributed by atoms with van der Waals surface area (Å²) in [6.45, 7) is 6.73. The molecule has 2 aromatic rings. The van der Waals surface area contributed by atoms with Gasteiger partial charge in [0.25, 0.3) is 0 Å². The van der Waals surface area contributed by atoms with Gasteiger partial charge >= 0.3 is 0 Å². The van der Waals surface area contributed by atoms with E-state index in [2.05, 4.69) is 46.7 Å². The van der Waals surface area contributed by atoms with Gasteiger partial charge in [-0.2, -0.15) is 0 Å². The number of fused-ring (bicyclic) bond motifs is 2. The van der Waals surface area contributed by atoms with Crippen LogP contribution >= 0.6 is 0 Å². The van der Waals surface area contributed by atoms with Crippen LogP contribution in [0.15, 0.2) is 29.2 Å². The Labute approximate surface area is 229 Å². The fourth-order valence-electron chi connectivity index (χ4n) is 6.42. The van der Waals surface area contributed by atoms with E-state index in [0.29, 0.717) is 17.8 Å². The number of aryl methyl sites for hydroxylation is 1. The molecular weight excluding hydrogens is 496 g/mol. The highest BCUT2D eigenvalue weighted by Crippen LogP contribution is 2.35. The van der Waals surface area contributed by atoms with Crippen molar-refractivity contribution in [3.63, 3.8) is 0 Å². The Morgan fingerprint density at radius 2 is 1.97 bits per heavy atom. The standard InChI is InChI=1S/C30H42N4O3S/c1-2-3-24-18-21-4-5-26(19-22(21)6-12-31-24)37-25-7-13-34(14-8-25)29-20-28(32-23-9-15-36-16-10-23)30-27(33-29)11-17-38(30)35/h4-5,19-20,23-25,31H,2-3,6-18H2,1H3,(H,32,33). The van der Waals surface area contributed by atoms with Crippen LogP contribution in [0, 0.1) is 0 Å². The third-order valence-corrected chi connectivity index (χ3v) is 10.0. The Hall–Kier alpha value is -2.16. The molecule has 1 aromatic carbocycles. The first-order chi connectivity index (χ1) is 18.7. The van der Waals surface area contributed by atoms with Crippen LogP contribution in [0.1, 0.15) is 62.3 Å². The third-order valence-electron chi connectivity index (χ3n) is 8.54. The number of rotatable bonds is 7. The Morgan fingerprint density at radius 1 is 1.13 bits per heavy atom. The number of nitrogens with one attached hydrogen (secondary N) is 2.